The molecule has 4 rings (SSSR count). The molecule has 1 aliphatic heterocycles. The molecule has 1 aliphatic rings. The quantitative estimate of drug-likeness (QED) is 0.677. The Morgan fingerprint density at radius 3 is 2.96 bits per heavy atom. The van der Waals surface area contributed by atoms with Crippen LogP contribution in [0.5, 0.6) is 5.75 Å². The lowest BCUT2D eigenvalue weighted by Gasteiger charge is -2.25. The number of ether oxygens (including phenoxy) is 1. The van der Waals surface area contributed by atoms with Gasteiger partial charge in [-0.1, -0.05) is 29.3 Å². The molecule has 3 aromatic rings. The highest BCUT2D eigenvalue weighted by Crippen LogP contribution is 2.31. The molecule has 0 spiro atoms. The molecule has 0 radical (unpaired) electrons. The largest absolute Gasteiger partial charge is 0.489 e. The summed E-state index contributed by atoms with van der Waals surface area (Å²) < 4.78 is 7.67. The van der Waals surface area contributed by atoms with Gasteiger partial charge < -0.3 is 9.84 Å². The molecule has 2 atom stereocenters. The molecule has 3 heterocycles. The monoisotopic (exact) mass is 406 g/mol. The number of hydrogen-bond donors (Lipinski definition) is 1. The van der Waals surface area contributed by atoms with E-state index in [0.29, 0.717) is 22.3 Å². The predicted octanol–water partition coefficient (Wildman–Crippen LogP) is 3.61. The number of fused-ring (bicyclic) bond motifs is 1. The van der Waals surface area contributed by atoms with Crippen LogP contribution in [0.1, 0.15) is 24.7 Å². The Hall–Kier alpha value is -1.86. The molecular weight excluding hydrogens is 387 g/mol. The first-order chi connectivity index (χ1) is 13.1. The first-order valence-corrected chi connectivity index (χ1v) is 9.67. The molecule has 1 aromatic carbocycles. The maximum absolute atomic E-state index is 10.5. The van der Waals surface area contributed by atoms with Crippen LogP contribution in [0.3, 0.4) is 0 Å². The van der Waals surface area contributed by atoms with Gasteiger partial charge in [0.15, 0.2) is 11.5 Å². The van der Waals surface area contributed by atoms with Crippen molar-refractivity contribution in [2.45, 2.75) is 25.0 Å². The Labute approximate surface area is 167 Å². The predicted molar refractivity (Wildman–Crippen MR) is 104 cm³/mol. The zero-order valence-corrected chi connectivity index (χ0v) is 16.1. The van der Waals surface area contributed by atoms with Crippen LogP contribution in [-0.4, -0.2) is 50.4 Å². The summed E-state index contributed by atoms with van der Waals surface area (Å²) in [6, 6.07) is 11.0. The number of halogens is 2. The van der Waals surface area contributed by atoms with E-state index in [-0.39, 0.29) is 12.6 Å². The van der Waals surface area contributed by atoms with Crippen molar-refractivity contribution in [2.75, 3.05) is 19.7 Å². The van der Waals surface area contributed by atoms with Gasteiger partial charge in [0.05, 0.1) is 11.1 Å². The van der Waals surface area contributed by atoms with E-state index in [1.54, 1.807) is 18.2 Å². The Morgan fingerprint density at radius 1 is 1.22 bits per heavy atom. The number of pyridine rings is 1. The first-order valence-electron chi connectivity index (χ1n) is 8.91. The van der Waals surface area contributed by atoms with Crippen LogP contribution in [0.25, 0.3) is 5.65 Å². The fourth-order valence-corrected chi connectivity index (χ4v) is 3.99. The first kappa shape index (κ1) is 18.5. The van der Waals surface area contributed by atoms with Crippen molar-refractivity contribution in [3.63, 3.8) is 0 Å². The molecule has 8 heteroatoms. The zero-order valence-electron chi connectivity index (χ0n) is 14.6. The van der Waals surface area contributed by atoms with E-state index in [9.17, 15) is 5.11 Å². The fourth-order valence-electron chi connectivity index (χ4n) is 3.53. The molecule has 2 unspecified atom stereocenters. The van der Waals surface area contributed by atoms with E-state index in [1.165, 1.54) is 0 Å². The van der Waals surface area contributed by atoms with Crippen molar-refractivity contribution in [2.24, 2.45) is 0 Å². The summed E-state index contributed by atoms with van der Waals surface area (Å²) in [5.74, 6) is 1.43. The highest BCUT2D eigenvalue weighted by Gasteiger charge is 2.31. The summed E-state index contributed by atoms with van der Waals surface area (Å²) in [7, 11) is 0. The molecule has 2 aromatic heterocycles. The van der Waals surface area contributed by atoms with Crippen molar-refractivity contribution in [3.8, 4) is 5.75 Å². The van der Waals surface area contributed by atoms with E-state index in [1.807, 2.05) is 28.8 Å². The van der Waals surface area contributed by atoms with Crippen LogP contribution in [0.2, 0.25) is 10.0 Å². The molecule has 1 fully saturated rings. The van der Waals surface area contributed by atoms with Gasteiger partial charge in [0.25, 0.3) is 0 Å². The lowest BCUT2D eigenvalue weighted by atomic mass is 10.2. The van der Waals surface area contributed by atoms with Crippen LogP contribution in [-0.2, 0) is 0 Å². The number of nitrogens with zero attached hydrogens (tertiary/aromatic N) is 4. The van der Waals surface area contributed by atoms with Gasteiger partial charge in [-0.15, -0.1) is 10.2 Å². The summed E-state index contributed by atoms with van der Waals surface area (Å²) in [6.45, 7) is 1.56. The summed E-state index contributed by atoms with van der Waals surface area (Å²) >= 11 is 12.0. The van der Waals surface area contributed by atoms with Crippen LogP contribution < -0.4 is 4.74 Å². The third kappa shape index (κ3) is 4.04. The maximum atomic E-state index is 10.5. The minimum atomic E-state index is -0.642. The van der Waals surface area contributed by atoms with Gasteiger partial charge in [0.1, 0.15) is 18.5 Å². The van der Waals surface area contributed by atoms with Crippen LogP contribution in [0.15, 0.2) is 42.6 Å². The SMILES string of the molecule is OC(COc1ccc(Cl)cc1Cl)CN1CCCC1c1nnc2ccccn12. The van der Waals surface area contributed by atoms with Gasteiger partial charge in [0, 0.05) is 17.8 Å². The topological polar surface area (TPSA) is 62.9 Å². The summed E-state index contributed by atoms with van der Waals surface area (Å²) in [6.07, 6.45) is 3.38. The summed E-state index contributed by atoms with van der Waals surface area (Å²) in [5.41, 5.74) is 0.834. The van der Waals surface area contributed by atoms with Crippen LogP contribution in [0, 0.1) is 0 Å². The molecular formula is C19H20Cl2N4O2. The van der Waals surface area contributed by atoms with Crippen molar-refractivity contribution in [1.82, 2.24) is 19.5 Å². The summed E-state index contributed by atoms with van der Waals surface area (Å²) in [4.78, 5) is 2.24. The van der Waals surface area contributed by atoms with Crippen molar-refractivity contribution in [1.29, 1.82) is 0 Å². The minimum Gasteiger partial charge on any atom is -0.489 e. The number of β-amino-alcohol motifs (C(OH)–C–C–N with tert-alkyl or cyclic N) is 1. The highest BCUT2D eigenvalue weighted by atomic mass is 35.5. The third-order valence-corrected chi connectivity index (χ3v) is 5.30. The second-order valence-corrected chi connectivity index (χ2v) is 7.52. The number of aromatic nitrogens is 3. The van der Waals surface area contributed by atoms with Crippen molar-refractivity contribution < 1.29 is 9.84 Å². The second kappa shape index (κ2) is 8.02. The van der Waals surface area contributed by atoms with Gasteiger partial charge in [0.2, 0.25) is 0 Å². The lowest BCUT2D eigenvalue weighted by molar-refractivity contribution is 0.0626. The number of likely N-dealkylation sites (tertiary alicyclic amines) is 1. The number of aliphatic hydroxyl groups is 1. The van der Waals surface area contributed by atoms with Crippen molar-refractivity contribution >= 4 is 28.8 Å². The summed E-state index contributed by atoms with van der Waals surface area (Å²) in [5, 5.41) is 20.1. The normalized spacial score (nSPS) is 18.9. The number of aliphatic hydroxyl groups excluding tert-OH is 1. The Morgan fingerprint density at radius 2 is 2.11 bits per heavy atom. The average molecular weight is 407 g/mol. The molecule has 0 bridgehead atoms. The molecule has 1 saturated heterocycles. The van der Waals surface area contributed by atoms with Gasteiger partial charge in [-0.05, 0) is 49.7 Å². The van der Waals surface area contributed by atoms with E-state index >= 15 is 0 Å². The van der Waals surface area contributed by atoms with E-state index in [4.69, 9.17) is 27.9 Å². The molecule has 0 amide bonds. The van der Waals surface area contributed by atoms with E-state index < -0.39 is 6.10 Å². The fraction of sp³-hybridized carbons (Fsp3) is 0.368. The molecule has 6 nitrogen and oxygen atoms in total. The molecule has 142 valence electrons. The standard InChI is InChI=1S/C19H20Cl2N4O2/c20-13-6-7-17(15(21)10-13)27-12-14(26)11-24-8-3-4-16(24)19-23-22-18-5-1-2-9-25(18)19/h1-2,5-7,9-10,14,16,26H,3-4,8,11-12H2. The highest BCUT2D eigenvalue weighted by molar-refractivity contribution is 6.35. The second-order valence-electron chi connectivity index (χ2n) is 6.68. The zero-order chi connectivity index (χ0) is 18.8. The smallest absolute Gasteiger partial charge is 0.160 e. The van der Waals surface area contributed by atoms with E-state index in [2.05, 4.69) is 15.1 Å². The van der Waals surface area contributed by atoms with Crippen LogP contribution in [0.4, 0.5) is 0 Å². The third-order valence-electron chi connectivity index (χ3n) is 4.77. The average Bonchev–Trinajstić information content (AvgIpc) is 3.27. The van der Waals surface area contributed by atoms with Gasteiger partial charge in [-0.2, -0.15) is 0 Å². The number of hydrogen-bond acceptors (Lipinski definition) is 5. The lowest BCUT2D eigenvalue weighted by Crippen LogP contribution is -2.36. The van der Waals surface area contributed by atoms with Gasteiger partial charge >= 0.3 is 0 Å². The number of benzene rings is 1. The van der Waals surface area contributed by atoms with E-state index in [0.717, 1.165) is 30.9 Å². The Balaban J connectivity index is 1.40. The Bertz CT molecular complexity index is 933. The molecule has 0 aliphatic carbocycles. The molecule has 1 N–H and O–H groups in total. The van der Waals surface area contributed by atoms with Crippen LogP contribution >= 0.6 is 23.2 Å². The minimum absolute atomic E-state index is 0.135. The maximum Gasteiger partial charge on any atom is 0.160 e. The van der Waals surface area contributed by atoms with Gasteiger partial charge in [-0.3, -0.25) is 9.30 Å². The number of rotatable bonds is 6. The molecule has 0 saturated carbocycles. The van der Waals surface area contributed by atoms with Gasteiger partial charge in [-0.25, -0.2) is 0 Å². The molecule has 27 heavy (non-hydrogen) atoms. The Kier molecular flexibility index (Phi) is 5.50. The van der Waals surface area contributed by atoms with Crippen molar-refractivity contribution in [3.05, 3.63) is 58.5 Å².